The summed E-state index contributed by atoms with van der Waals surface area (Å²) in [5.41, 5.74) is 3.23. The van der Waals surface area contributed by atoms with Crippen LogP contribution in [0.5, 0.6) is 0 Å². The Hall–Kier alpha value is -1.83. The Labute approximate surface area is 90.2 Å². The van der Waals surface area contributed by atoms with Gasteiger partial charge in [0.1, 0.15) is 0 Å². The molecule has 0 saturated heterocycles. The lowest BCUT2D eigenvalue weighted by atomic mass is 10.1. The van der Waals surface area contributed by atoms with Gasteiger partial charge in [-0.05, 0) is 18.2 Å². The van der Waals surface area contributed by atoms with Gasteiger partial charge in [-0.3, -0.25) is 4.98 Å². The molecule has 0 fully saturated rings. The van der Waals surface area contributed by atoms with Crippen LogP contribution < -0.4 is 4.90 Å². The highest BCUT2D eigenvalue weighted by Crippen LogP contribution is 2.18. The molecule has 0 atom stereocenters. The van der Waals surface area contributed by atoms with Gasteiger partial charge in [0.05, 0.1) is 17.6 Å². The minimum absolute atomic E-state index is 0.995. The summed E-state index contributed by atoms with van der Waals surface area (Å²) >= 11 is 0. The van der Waals surface area contributed by atoms with Crippen LogP contribution in [0, 0.1) is 6.07 Å². The average molecular weight is 197 g/mol. The SMILES string of the molecule is CN(C)c1ccc(-c2cc[c]cc2)nc1. The topological polar surface area (TPSA) is 16.1 Å². The van der Waals surface area contributed by atoms with E-state index in [1.807, 2.05) is 55.5 Å². The lowest BCUT2D eigenvalue weighted by molar-refractivity contribution is 1.11. The van der Waals surface area contributed by atoms with E-state index in [-0.39, 0.29) is 0 Å². The molecule has 0 saturated carbocycles. The maximum atomic E-state index is 4.41. The third kappa shape index (κ3) is 2.15. The Kier molecular flexibility index (Phi) is 2.68. The van der Waals surface area contributed by atoms with Gasteiger partial charge in [0, 0.05) is 19.7 Å². The van der Waals surface area contributed by atoms with Gasteiger partial charge in [-0.15, -0.1) is 0 Å². The van der Waals surface area contributed by atoms with Crippen LogP contribution in [0.3, 0.4) is 0 Å². The number of benzene rings is 1. The molecule has 1 radical (unpaired) electrons. The summed E-state index contributed by atoms with van der Waals surface area (Å²) in [5.74, 6) is 0. The van der Waals surface area contributed by atoms with Crippen LogP contribution in [-0.4, -0.2) is 19.1 Å². The summed E-state index contributed by atoms with van der Waals surface area (Å²) in [6, 6.07) is 14.9. The van der Waals surface area contributed by atoms with E-state index < -0.39 is 0 Å². The van der Waals surface area contributed by atoms with E-state index in [2.05, 4.69) is 17.1 Å². The zero-order valence-electron chi connectivity index (χ0n) is 8.94. The van der Waals surface area contributed by atoms with E-state index >= 15 is 0 Å². The molecule has 1 aromatic carbocycles. The molecule has 15 heavy (non-hydrogen) atoms. The largest absolute Gasteiger partial charge is 0.376 e. The summed E-state index contributed by atoms with van der Waals surface area (Å²) in [7, 11) is 4.02. The predicted molar refractivity (Wildman–Crippen MR) is 62.8 cm³/mol. The molecule has 0 amide bonds. The first-order valence-corrected chi connectivity index (χ1v) is 4.87. The summed E-state index contributed by atoms with van der Waals surface area (Å²) in [5, 5.41) is 0. The highest BCUT2D eigenvalue weighted by atomic mass is 15.1. The first-order valence-electron chi connectivity index (χ1n) is 4.87. The molecule has 0 spiro atoms. The van der Waals surface area contributed by atoms with E-state index in [0.29, 0.717) is 0 Å². The number of aromatic nitrogens is 1. The fourth-order valence-electron chi connectivity index (χ4n) is 1.38. The van der Waals surface area contributed by atoms with Crippen LogP contribution in [0.1, 0.15) is 0 Å². The molecule has 2 aromatic rings. The normalized spacial score (nSPS) is 10.0. The van der Waals surface area contributed by atoms with Crippen molar-refractivity contribution in [1.82, 2.24) is 4.98 Å². The fourth-order valence-corrected chi connectivity index (χ4v) is 1.38. The van der Waals surface area contributed by atoms with Crippen LogP contribution in [0.2, 0.25) is 0 Å². The molecule has 2 rings (SSSR count). The summed E-state index contributed by atoms with van der Waals surface area (Å²) in [4.78, 5) is 6.45. The van der Waals surface area contributed by atoms with Gasteiger partial charge in [-0.1, -0.05) is 24.3 Å². The van der Waals surface area contributed by atoms with Gasteiger partial charge in [0.15, 0.2) is 0 Å². The van der Waals surface area contributed by atoms with Crippen molar-refractivity contribution in [2.24, 2.45) is 0 Å². The monoisotopic (exact) mass is 197 g/mol. The van der Waals surface area contributed by atoms with Gasteiger partial charge in [0.25, 0.3) is 0 Å². The highest BCUT2D eigenvalue weighted by molar-refractivity contribution is 5.60. The molecule has 75 valence electrons. The molecule has 0 unspecified atom stereocenters. The van der Waals surface area contributed by atoms with Gasteiger partial charge in [-0.25, -0.2) is 0 Å². The van der Waals surface area contributed by atoms with Crippen LogP contribution in [0.15, 0.2) is 42.6 Å². The molecule has 0 aliphatic heterocycles. The number of anilines is 1. The minimum Gasteiger partial charge on any atom is -0.376 e. The smallest absolute Gasteiger partial charge is 0.0703 e. The number of hydrogen-bond donors (Lipinski definition) is 0. The number of pyridine rings is 1. The van der Waals surface area contributed by atoms with Crippen molar-refractivity contribution < 1.29 is 0 Å². The standard InChI is InChI=1S/C13H13N2/c1-15(2)12-8-9-13(14-10-12)11-6-4-3-5-7-11/h4-10H,1-2H3. The zero-order chi connectivity index (χ0) is 10.7. The summed E-state index contributed by atoms with van der Waals surface area (Å²) in [6.45, 7) is 0. The van der Waals surface area contributed by atoms with E-state index in [4.69, 9.17) is 0 Å². The van der Waals surface area contributed by atoms with Crippen molar-refractivity contribution in [1.29, 1.82) is 0 Å². The molecule has 0 N–H and O–H groups in total. The van der Waals surface area contributed by atoms with E-state index in [1.165, 1.54) is 0 Å². The third-order valence-electron chi connectivity index (χ3n) is 2.28. The van der Waals surface area contributed by atoms with E-state index in [1.54, 1.807) is 0 Å². The van der Waals surface area contributed by atoms with Gasteiger partial charge < -0.3 is 4.90 Å². The van der Waals surface area contributed by atoms with Crippen molar-refractivity contribution >= 4 is 5.69 Å². The van der Waals surface area contributed by atoms with Crippen LogP contribution in [0.4, 0.5) is 5.69 Å². The van der Waals surface area contributed by atoms with Crippen molar-refractivity contribution in [3.05, 3.63) is 48.7 Å². The van der Waals surface area contributed by atoms with Crippen LogP contribution in [-0.2, 0) is 0 Å². The first-order chi connectivity index (χ1) is 7.27. The van der Waals surface area contributed by atoms with E-state index in [0.717, 1.165) is 16.9 Å². The molecular weight excluding hydrogens is 184 g/mol. The average Bonchev–Trinajstić information content (AvgIpc) is 2.30. The third-order valence-corrected chi connectivity index (χ3v) is 2.28. The Bertz CT molecular complexity index is 418. The minimum atomic E-state index is 0.995. The Balaban J connectivity index is 2.32. The second kappa shape index (κ2) is 4.13. The first kappa shape index (κ1) is 9.71. The van der Waals surface area contributed by atoms with Gasteiger partial charge >= 0.3 is 0 Å². The Morgan fingerprint density at radius 1 is 1.07 bits per heavy atom. The number of nitrogens with zero attached hydrogens (tertiary/aromatic N) is 2. The van der Waals surface area contributed by atoms with Crippen molar-refractivity contribution in [3.8, 4) is 11.3 Å². The van der Waals surface area contributed by atoms with Crippen molar-refractivity contribution in [3.63, 3.8) is 0 Å². The molecule has 1 heterocycles. The molecule has 2 heteroatoms. The maximum Gasteiger partial charge on any atom is 0.0703 e. The summed E-state index contributed by atoms with van der Waals surface area (Å²) < 4.78 is 0. The number of rotatable bonds is 2. The Morgan fingerprint density at radius 3 is 2.33 bits per heavy atom. The quantitative estimate of drug-likeness (QED) is 0.735. The molecular formula is C13H13N2. The van der Waals surface area contributed by atoms with Crippen molar-refractivity contribution in [2.45, 2.75) is 0 Å². The number of hydrogen-bond acceptors (Lipinski definition) is 2. The molecule has 0 bridgehead atoms. The second-order valence-electron chi connectivity index (χ2n) is 3.58. The highest BCUT2D eigenvalue weighted by Gasteiger charge is 1.99. The molecule has 0 aliphatic carbocycles. The zero-order valence-corrected chi connectivity index (χ0v) is 8.94. The lowest BCUT2D eigenvalue weighted by Gasteiger charge is -2.11. The van der Waals surface area contributed by atoms with Gasteiger partial charge in [-0.2, -0.15) is 0 Å². The van der Waals surface area contributed by atoms with E-state index in [9.17, 15) is 0 Å². The fraction of sp³-hybridized carbons (Fsp3) is 0.154. The van der Waals surface area contributed by atoms with Crippen LogP contribution in [0.25, 0.3) is 11.3 Å². The predicted octanol–water partition coefficient (Wildman–Crippen LogP) is 2.61. The maximum absolute atomic E-state index is 4.41. The van der Waals surface area contributed by atoms with Crippen LogP contribution >= 0.6 is 0 Å². The van der Waals surface area contributed by atoms with Gasteiger partial charge in [0.2, 0.25) is 0 Å². The molecule has 0 aliphatic rings. The van der Waals surface area contributed by atoms with Crippen molar-refractivity contribution in [2.75, 3.05) is 19.0 Å². The molecule has 1 aromatic heterocycles. The lowest BCUT2D eigenvalue weighted by Crippen LogP contribution is -2.08. The summed E-state index contributed by atoms with van der Waals surface area (Å²) in [6.07, 6.45) is 1.88. The Morgan fingerprint density at radius 2 is 1.80 bits per heavy atom. The molecule has 2 nitrogen and oxygen atoms in total. The second-order valence-corrected chi connectivity index (χ2v) is 3.58.